The quantitative estimate of drug-likeness (QED) is 0.794. The van der Waals surface area contributed by atoms with Crippen LogP contribution in [0.25, 0.3) is 0 Å². The zero-order valence-electron chi connectivity index (χ0n) is 11.4. The predicted molar refractivity (Wildman–Crippen MR) is 73.8 cm³/mol. The third kappa shape index (κ3) is 3.49. The Hall–Kier alpha value is -2.15. The number of hydrogen-bond acceptors (Lipinski definition) is 3. The number of nitrogens with zero attached hydrogens (tertiary/aromatic N) is 1. The highest BCUT2D eigenvalue weighted by Gasteiger charge is 2.26. The van der Waals surface area contributed by atoms with Crippen LogP contribution in [0.5, 0.6) is 0 Å². The molecule has 1 aromatic carbocycles. The summed E-state index contributed by atoms with van der Waals surface area (Å²) < 4.78 is 13.7. The number of carboxylic acid groups (broad SMARTS) is 1. The molecule has 0 bridgehead atoms. The molecule has 2 amide bonds. The highest BCUT2D eigenvalue weighted by atomic mass is 19.1. The zero-order valence-corrected chi connectivity index (χ0v) is 11.4. The molecule has 0 saturated carbocycles. The Kier molecular flexibility index (Phi) is 4.74. The second-order valence-corrected chi connectivity index (χ2v) is 4.96. The smallest absolute Gasteiger partial charge is 0.335 e. The van der Waals surface area contributed by atoms with E-state index in [1.54, 1.807) is 0 Å². The molecule has 1 aromatic rings. The van der Waals surface area contributed by atoms with Crippen LogP contribution in [0.15, 0.2) is 18.2 Å². The molecule has 1 fully saturated rings. The molecule has 1 aliphatic heterocycles. The van der Waals surface area contributed by atoms with Crippen LogP contribution in [0.1, 0.15) is 29.6 Å². The van der Waals surface area contributed by atoms with Crippen molar-refractivity contribution in [1.29, 1.82) is 0 Å². The van der Waals surface area contributed by atoms with E-state index in [-0.39, 0.29) is 23.9 Å². The maximum Gasteiger partial charge on any atom is 0.335 e. The summed E-state index contributed by atoms with van der Waals surface area (Å²) in [5.41, 5.74) is -0.286. The first-order valence-electron chi connectivity index (χ1n) is 6.74. The molecule has 1 saturated heterocycles. The highest BCUT2D eigenvalue weighted by molar-refractivity contribution is 5.93. The van der Waals surface area contributed by atoms with Crippen LogP contribution in [0.4, 0.5) is 14.9 Å². The Morgan fingerprint density at radius 2 is 2.14 bits per heavy atom. The number of aliphatic hydroxyl groups excluding tert-OH is 1. The summed E-state index contributed by atoms with van der Waals surface area (Å²) in [6.45, 7) is 0.336. The molecule has 0 aromatic heterocycles. The van der Waals surface area contributed by atoms with Crippen molar-refractivity contribution < 1.29 is 24.2 Å². The minimum Gasteiger partial charge on any atom is -0.478 e. The third-order valence-electron chi connectivity index (χ3n) is 3.55. The van der Waals surface area contributed by atoms with Gasteiger partial charge < -0.3 is 20.4 Å². The van der Waals surface area contributed by atoms with Crippen LogP contribution in [0.3, 0.4) is 0 Å². The minimum absolute atomic E-state index is 0.107. The number of carbonyl (C=O) groups excluding carboxylic acids is 1. The van der Waals surface area contributed by atoms with Gasteiger partial charge in [-0.25, -0.2) is 14.0 Å². The van der Waals surface area contributed by atoms with Crippen molar-refractivity contribution in [2.45, 2.75) is 25.3 Å². The summed E-state index contributed by atoms with van der Waals surface area (Å²) in [5, 5.41) is 20.5. The van der Waals surface area contributed by atoms with E-state index in [0.717, 1.165) is 31.0 Å². The van der Waals surface area contributed by atoms with Gasteiger partial charge in [-0.15, -0.1) is 0 Å². The first-order chi connectivity index (χ1) is 10.0. The fourth-order valence-corrected chi connectivity index (χ4v) is 2.40. The van der Waals surface area contributed by atoms with Gasteiger partial charge >= 0.3 is 12.0 Å². The van der Waals surface area contributed by atoms with Crippen LogP contribution in [-0.2, 0) is 0 Å². The number of hydrogen-bond donors (Lipinski definition) is 3. The van der Waals surface area contributed by atoms with Gasteiger partial charge in [-0.2, -0.15) is 0 Å². The molecule has 7 heteroatoms. The number of rotatable bonds is 3. The highest BCUT2D eigenvalue weighted by Crippen LogP contribution is 2.20. The van der Waals surface area contributed by atoms with Crippen molar-refractivity contribution in [2.24, 2.45) is 0 Å². The molecule has 1 atom stereocenters. The molecule has 1 unspecified atom stereocenters. The topological polar surface area (TPSA) is 89.9 Å². The second-order valence-electron chi connectivity index (χ2n) is 4.96. The number of aromatic carboxylic acids is 1. The van der Waals surface area contributed by atoms with Crippen LogP contribution < -0.4 is 5.32 Å². The van der Waals surface area contributed by atoms with Gasteiger partial charge in [-0.05, 0) is 37.5 Å². The number of nitrogens with one attached hydrogen (secondary N) is 1. The van der Waals surface area contributed by atoms with Crippen molar-refractivity contribution in [3.63, 3.8) is 0 Å². The van der Waals surface area contributed by atoms with Gasteiger partial charge in [0.05, 0.1) is 23.9 Å². The maximum atomic E-state index is 13.7. The summed E-state index contributed by atoms with van der Waals surface area (Å²) in [5.74, 6) is -1.90. The van der Waals surface area contributed by atoms with Gasteiger partial charge in [0, 0.05) is 6.54 Å². The Morgan fingerprint density at radius 3 is 2.81 bits per heavy atom. The molecule has 1 heterocycles. The summed E-state index contributed by atoms with van der Waals surface area (Å²) >= 11 is 0. The zero-order chi connectivity index (χ0) is 15.4. The predicted octanol–water partition coefficient (Wildman–Crippen LogP) is 1.90. The van der Waals surface area contributed by atoms with Crippen LogP contribution in [0, 0.1) is 5.82 Å². The molecule has 2 rings (SSSR count). The van der Waals surface area contributed by atoms with Gasteiger partial charge in [0.2, 0.25) is 0 Å². The number of amides is 2. The largest absolute Gasteiger partial charge is 0.478 e. The van der Waals surface area contributed by atoms with E-state index in [1.165, 1.54) is 4.90 Å². The van der Waals surface area contributed by atoms with E-state index >= 15 is 0 Å². The van der Waals surface area contributed by atoms with Crippen molar-refractivity contribution in [3.8, 4) is 0 Å². The number of anilines is 1. The lowest BCUT2D eigenvalue weighted by molar-refractivity contribution is 0.0697. The average Bonchev–Trinajstić information content (AvgIpc) is 2.49. The molecule has 0 spiro atoms. The first-order valence-corrected chi connectivity index (χ1v) is 6.74. The molecular weight excluding hydrogens is 279 g/mol. The molecule has 0 radical (unpaired) electrons. The van der Waals surface area contributed by atoms with E-state index in [0.29, 0.717) is 13.0 Å². The standard InChI is InChI=1S/C14H17FN2O4/c15-11-5-4-9(13(19)20)7-12(11)16-14(21)17-6-2-1-3-10(17)8-18/h4-5,7,10,18H,1-3,6,8H2,(H,16,21)(H,19,20). The molecule has 114 valence electrons. The van der Waals surface area contributed by atoms with E-state index in [9.17, 15) is 19.1 Å². The number of halogens is 1. The monoisotopic (exact) mass is 296 g/mol. The van der Waals surface area contributed by atoms with Gasteiger partial charge in [0.15, 0.2) is 0 Å². The lowest BCUT2D eigenvalue weighted by Crippen LogP contribution is -2.47. The van der Waals surface area contributed by atoms with Crippen molar-refractivity contribution in [1.82, 2.24) is 4.90 Å². The fourth-order valence-electron chi connectivity index (χ4n) is 2.40. The van der Waals surface area contributed by atoms with Gasteiger partial charge in [-0.3, -0.25) is 0 Å². The summed E-state index contributed by atoms with van der Waals surface area (Å²) in [4.78, 5) is 24.5. The van der Waals surface area contributed by atoms with E-state index < -0.39 is 17.8 Å². The first kappa shape index (κ1) is 15.2. The Morgan fingerprint density at radius 1 is 1.38 bits per heavy atom. The second kappa shape index (κ2) is 6.53. The molecule has 3 N–H and O–H groups in total. The van der Waals surface area contributed by atoms with Gasteiger partial charge in [-0.1, -0.05) is 0 Å². The van der Waals surface area contributed by atoms with Crippen LogP contribution in [-0.4, -0.2) is 46.3 Å². The molecule has 21 heavy (non-hydrogen) atoms. The lowest BCUT2D eigenvalue weighted by atomic mass is 10.0. The summed E-state index contributed by atoms with van der Waals surface area (Å²) in [7, 11) is 0. The maximum absolute atomic E-state index is 13.7. The van der Waals surface area contributed by atoms with Crippen molar-refractivity contribution in [2.75, 3.05) is 18.5 Å². The van der Waals surface area contributed by atoms with Crippen molar-refractivity contribution >= 4 is 17.7 Å². The Bertz CT molecular complexity index is 550. The SMILES string of the molecule is O=C(O)c1ccc(F)c(NC(=O)N2CCCCC2CO)c1. The molecular formula is C14H17FN2O4. The lowest BCUT2D eigenvalue weighted by Gasteiger charge is -2.34. The Labute approximate surface area is 121 Å². The Balaban J connectivity index is 2.15. The number of benzene rings is 1. The number of aliphatic hydroxyl groups is 1. The normalized spacial score (nSPS) is 18.4. The van der Waals surface area contributed by atoms with Crippen LogP contribution in [0.2, 0.25) is 0 Å². The fraction of sp³-hybridized carbons (Fsp3) is 0.429. The number of carboxylic acids is 1. The van der Waals surface area contributed by atoms with Gasteiger partial charge in [0.1, 0.15) is 5.82 Å². The molecule has 0 aliphatic carbocycles. The van der Waals surface area contributed by atoms with E-state index in [2.05, 4.69) is 5.32 Å². The van der Waals surface area contributed by atoms with Gasteiger partial charge in [0.25, 0.3) is 0 Å². The number of likely N-dealkylation sites (tertiary alicyclic amines) is 1. The molecule has 1 aliphatic rings. The summed E-state index contributed by atoms with van der Waals surface area (Å²) in [6.07, 6.45) is 2.45. The average molecular weight is 296 g/mol. The van der Waals surface area contributed by atoms with Crippen molar-refractivity contribution in [3.05, 3.63) is 29.6 Å². The molecule has 6 nitrogen and oxygen atoms in total. The van der Waals surface area contributed by atoms with Crippen LogP contribution >= 0.6 is 0 Å². The summed E-state index contributed by atoms with van der Waals surface area (Å²) in [6, 6.07) is 2.39. The minimum atomic E-state index is -1.20. The number of carbonyl (C=O) groups is 2. The third-order valence-corrected chi connectivity index (χ3v) is 3.55. The number of urea groups is 1. The van der Waals surface area contributed by atoms with E-state index in [1.807, 2.05) is 0 Å². The number of piperidine rings is 1. The van der Waals surface area contributed by atoms with E-state index in [4.69, 9.17) is 5.11 Å².